The van der Waals surface area contributed by atoms with Gasteiger partial charge >= 0.3 is 11.9 Å². The second-order valence-corrected chi connectivity index (χ2v) is 16.5. The van der Waals surface area contributed by atoms with Crippen LogP contribution in [0.2, 0.25) is 0 Å². The van der Waals surface area contributed by atoms with Crippen molar-refractivity contribution in [3.8, 4) is 0 Å². The van der Waals surface area contributed by atoms with E-state index in [9.17, 15) is 14.4 Å². The summed E-state index contributed by atoms with van der Waals surface area (Å²) in [4.78, 5) is 45.0. The average Bonchev–Trinajstić information content (AvgIpc) is 3.17. The first-order valence-electron chi connectivity index (χ1n) is 23.2. The number of carbonyl (C=O) groups excluding carboxylic acids is 3. The van der Waals surface area contributed by atoms with Crippen LogP contribution in [0.25, 0.3) is 0 Å². The Labute approximate surface area is 328 Å². The van der Waals surface area contributed by atoms with Crippen LogP contribution in [0.4, 0.5) is 0 Å². The van der Waals surface area contributed by atoms with Gasteiger partial charge in [-0.05, 0) is 64.6 Å². The summed E-state index contributed by atoms with van der Waals surface area (Å²) in [5.41, 5.74) is 0. The van der Waals surface area contributed by atoms with Gasteiger partial charge in [-0.2, -0.15) is 0 Å². The molecule has 0 aromatic heterocycles. The quantitative estimate of drug-likeness (QED) is 0.0469. The van der Waals surface area contributed by atoms with E-state index in [2.05, 4.69) is 32.6 Å². The third-order valence-electron chi connectivity index (χ3n) is 11.6. The number of amides is 1. The molecule has 312 valence electrons. The molecule has 7 heteroatoms. The van der Waals surface area contributed by atoms with Crippen LogP contribution in [-0.4, -0.2) is 73.6 Å². The number of piperidine rings is 1. The highest BCUT2D eigenvalue weighted by molar-refractivity contribution is 5.78. The highest BCUT2D eigenvalue weighted by atomic mass is 16.5. The monoisotopic (exact) mass is 749 g/mol. The maximum Gasteiger partial charge on any atom is 0.308 e. The number of esters is 2. The normalized spacial score (nSPS) is 15.2. The molecule has 0 N–H and O–H groups in total. The summed E-state index contributed by atoms with van der Waals surface area (Å²) in [6.07, 6.45) is 31.9. The molecule has 1 aliphatic rings. The SMILES string of the molecule is CCCCCCCCC(CCCCCC)C(=O)OCCN(CCOC(=O)C(CCCCCC)CCCCCCCC)C(=O)C(C)CCN1CCCCC1. The summed E-state index contributed by atoms with van der Waals surface area (Å²) in [6.45, 7) is 15.2. The van der Waals surface area contributed by atoms with Crippen molar-refractivity contribution in [2.45, 2.75) is 214 Å². The second kappa shape index (κ2) is 34.8. The fourth-order valence-electron chi connectivity index (χ4n) is 7.81. The van der Waals surface area contributed by atoms with E-state index in [0.29, 0.717) is 13.1 Å². The molecule has 0 spiro atoms. The molecule has 0 bridgehead atoms. The lowest BCUT2D eigenvalue weighted by Crippen LogP contribution is -2.42. The summed E-state index contributed by atoms with van der Waals surface area (Å²) in [5, 5.41) is 0. The predicted octanol–water partition coefficient (Wildman–Crippen LogP) is 12.1. The summed E-state index contributed by atoms with van der Waals surface area (Å²) in [6, 6.07) is 0. The van der Waals surface area contributed by atoms with E-state index >= 15 is 0 Å². The molecular weight excluding hydrogens is 661 g/mol. The van der Waals surface area contributed by atoms with Crippen molar-refractivity contribution >= 4 is 17.8 Å². The van der Waals surface area contributed by atoms with Crippen molar-refractivity contribution in [1.29, 1.82) is 0 Å². The number of unbranched alkanes of at least 4 members (excludes halogenated alkanes) is 16. The summed E-state index contributed by atoms with van der Waals surface area (Å²) in [5.74, 6) is -0.401. The van der Waals surface area contributed by atoms with E-state index in [0.717, 1.165) is 90.3 Å². The van der Waals surface area contributed by atoms with Crippen LogP contribution in [-0.2, 0) is 23.9 Å². The fourth-order valence-corrected chi connectivity index (χ4v) is 7.81. The number of rotatable bonds is 36. The van der Waals surface area contributed by atoms with Gasteiger partial charge in [0.2, 0.25) is 5.91 Å². The molecule has 0 aromatic rings. The molecular formula is C46H88N2O5. The van der Waals surface area contributed by atoms with Gasteiger partial charge < -0.3 is 19.3 Å². The average molecular weight is 749 g/mol. The Bertz CT molecular complexity index is 826. The zero-order chi connectivity index (χ0) is 38.8. The molecule has 3 unspecified atom stereocenters. The van der Waals surface area contributed by atoms with Crippen molar-refractivity contribution in [3.63, 3.8) is 0 Å². The van der Waals surface area contributed by atoms with Gasteiger partial charge in [0.25, 0.3) is 0 Å². The van der Waals surface area contributed by atoms with Crippen molar-refractivity contribution in [2.75, 3.05) is 45.9 Å². The highest BCUT2D eigenvalue weighted by Gasteiger charge is 2.25. The van der Waals surface area contributed by atoms with Gasteiger partial charge in [0.05, 0.1) is 24.9 Å². The standard InChI is InChI=1S/C46H88N2O5/c1-6-10-14-18-20-25-31-42(29-23-16-12-8-3)45(50)52-39-37-48(44(49)41(5)33-36-47-34-27-22-28-35-47)38-40-53-46(51)43(30-24-17-13-9-4)32-26-21-19-15-11-7-2/h41-43H,6-40H2,1-5H3. The molecule has 1 fully saturated rings. The first-order valence-corrected chi connectivity index (χ1v) is 23.2. The first-order chi connectivity index (χ1) is 25.9. The zero-order valence-corrected chi connectivity index (χ0v) is 35.9. The van der Waals surface area contributed by atoms with Crippen molar-refractivity contribution in [1.82, 2.24) is 9.80 Å². The smallest absolute Gasteiger partial charge is 0.308 e. The van der Waals surface area contributed by atoms with Gasteiger partial charge in [0.15, 0.2) is 0 Å². The van der Waals surface area contributed by atoms with E-state index in [4.69, 9.17) is 9.47 Å². The summed E-state index contributed by atoms with van der Waals surface area (Å²) in [7, 11) is 0. The van der Waals surface area contributed by atoms with Crippen LogP contribution in [0.5, 0.6) is 0 Å². The Kier molecular flexibility index (Phi) is 32.5. The molecule has 1 heterocycles. The number of likely N-dealkylation sites (tertiary alicyclic amines) is 1. The molecule has 53 heavy (non-hydrogen) atoms. The van der Waals surface area contributed by atoms with Crippen LogP contribution in [0.15, 0.2) is 0 Å². The molecule has 3 atom stereocenters. The lowest BCUT2D eigenvalue weighted by Gasteiger charge is -2.29. The van der Waals surface area contributed by atoms with Gasteiger partial charge in [-0.15, -0.1) is 0 Å². The molecule has 0 aromatic carbocycles. The van der Waals surface area contributed by atoms with E-state index in [1.807, 2.05) is 6.92 Å². The maximum atomic E-state index is 13.9. The molecule has 1 saturated heterocycles. The number of carbonyl (C=O) groups is 3. The van der Waals surface area contributed by atoms with Gasteiger partial charge in [-0.25, -0.2) is 0 Å². The van der Waals surface area contributed by atoms with Gasteiger partial charge in [0.1, 0.15) is 13.2 Å². The molecule has 1 rings (SSSR count). The predicted molar refractivity (Wildman–Crippen MR) is 223 cm³/mol. The van der Waals surface area contributed by atoms with E-state index in [1.54, 1.807) is 4.90 Å². The minimum Gasteiger partial charge on any atom is -0.464 e. The lowest BCUT2D eigenvalue weighted by atomic mass is 9.94. The molecule has 1 aliphatic heterocycles. The molecule has 1 amide bonds. The highest BCUT2D eigenvalue weighted by Crippen LogP contribution is 2.22. The third kappa shape index (κ3) is 26.0. The Morgan fingerprint density at radius 2 is 0.868 bits per heavy atom. The maximum absolute atomic E-state index is 13.9. The van der Waals surface area contributed by atoms with Crippen LogP contribution in [0, 0.1) is 17.8 Å². The largest absolute Gasteiger partial charge is 0.464 e. The third-order valence-corrected chi connectivity index (χ3v) is 11.6. The van der Waals surface area contributed by atoms with Gasteiger partial charge in [0, 0.05) is 5.92 Å². The molecule has 0 saturated carbocycles. The van der Waals surface area contributed by atoms with Crippen molar-refractivity contribution in [2.24, 2.45) is 17.8 Å². The molecule has 0 aliphatic carbocycles. The minimum absolute atomic E-state index is 0.0625. The Hall–Kier alpha value is -1.63. The fraction of sp³-hybridized carbons (Fsp3) is 0.935. The number of nitrogens with zero attached hydrogens (tertiary/aromatic N) is 2. The van der Waals surface area contributed by atoms with Gasteiger partial charge in [-0.3, -0.25) is 14.4 Å². The van der Waals surface area contributed by atoms with Crippen LogP contribution < -0.4 is 0 Å². The molecule has 0 radical (unpaired) electrons. The number of ether oxygens (including phenoxy) is 2. The van der Waals surface area contributed by atoms with Gasteiger partial charge in [-0.1, -0.05) is 169 Å². The van der Waals surface area contributed by atoms with E-state index in [-0.39, 0.29) is 48.8 Å². The first kappa shape index (κ1) is 49.4. The Morgan fingerprint density at radius 1 is 0.509 bits per heavy atom. The molecule has 7 nitrogen and oxygen atoms in total. The minimum atomic E-state index is -0.138. The van der Waals surface area contributed by atoms with Crippen LogP contribution >= 0.6 is 0 Å². The van der Waals surface area contributed by atoms with Crippen molar-refractivity contribution < 1.29 is 23.9 Å². The van der Waals surface area contributed by atoms with Crippen LogP contribution in [0.3, 0.4) is 0 Å². The van der Waals surface area contributed by atoms with Crippen LogP contribution in [0.1, 0.15) is 214 Å². The number of hydrogen-bond donors (Lipinski definition) is 0. The Balaban J connectivity index is 2.83. The van der Waals surface area contributed by atoms with E-state index < -0.39 is 0 Å². The second-order valence-electron chi connectivity index (χ2n) is 16.5. The lowest BCUT2D eigenvalue weighted by molar-refractivity contribution is -0.153. The Morgan fingerprint density at radius 3 is 1.26 bits per heavy atom. The zero-order valence-electron chi connectivity index (χ0n) is 35.9. The summed E-state index contributed by atoms with van der Waals surface area (Å²) >= 11 is 0. The van der Waals surface area contributed by atoms with E-state index in [1.165, 1.54) is 109 Å². The summed E-state index contributed by atoms with van der Waals surface area (Å²) < 4.78 is 11.9. The van der Waals surface area contributed by atoms with Crippen molar-refractivity contribution in [3.05, 3.63) is 0 Å². The topological polar surface area (TPSA) is 76.1 Å². The number of hydrogen-bond acceptors (Lipinski definition) is 6.